The summed E-state index contributed by atoms with van der Waals surface area (Å²) in [4.78, 5) is 26.8. The van der Waals surface area contributed by atoms with Crippen LogP contribution >= 0.6 is 0 Å². The molecule has 3 aromatic rings. The largest absolute Gasteiger partial charge is 0.355 e. The highest BCUT2D eigenvalue weighted by molar-refractivity contribution is 5.95. The van der Waals surface area contributed by atoms with Crippen LogP contribution in [-0.2, 0) is 11.2 Å². The van der Waals surface area contributed by atoms with E-state index in [1.54, 1.807) is 17.0 Å². The SMILES string of the molecule is O=C(NCC(=O)N(CCc1cccc(F)c1)C1CC1)c1cc(-c2ccccc2)on1. The standard InChI is InChI=1S/C23H22FN3O3/c24-18-8-4-5-16(13-18)11-12-27(19-9-10-19)22(28)15-25-23(29)20-14-21(30-26-20)17-6-2-1-3-7-17/h1-8,13-14,19H,9-12,15H2,(H,25,29). The highest BCUT2D eigenvalue weighted by Gasteiger charge is 2.32. The Kier molecular flexibility index (Phi) is 5.88. The minimum Gasteiger partial charge on any atom is -0.355 e. The van der Waals surface area contributed by atoms with Gasteiger partial charge in [0.1, 0.15) is 5.82 Å². The Labute approximate surface area is 173 Å². The van der Waals surface area contributed by atoms with Crippen molar-refractivity contribution >= 4 is 11.8 Å². The molecular weight excluding hydrogens is 385 g/mol. The first kappa shape index (κ1) is 19.8. The molecule has 154 valence electrons. The smallest absolute Gasteiger partial charge is 0.273 e. The molecule has 4 rings (SSSR count). The van der Waals surface area contributed by atoms with Crippen molar-refractivity contribution in [2.24, 2.45) is 0 Å². The molecular formula is C23H22FN3O3. The number of nitrogens with zero attached hydrogens (tertiary/aromatic N) is 2. The maximum Gasteiger partial charge on any atom is 0.273 e. The molecule has 7 heteroatoms. The van der Waals surface area contributed by atoms with E-state index in [2.05, 4.69) is 10.5 Å². The molecule has 0 aliphatic heterocycles. The second-order valence-corrected chi connectivity index (χ2v) is 7.32. The van der Waals surface area contributed by atoms with Crippen molar-refractivity contribution in [2.45, 2.75) is 25.3 Å². The third kappa shape index (κ3) is 4.92. The van der Waals surface area contributed by atoms with E-state index >= 15 is 0 Å². The summed E-state index contributed by atoms with van der Waals surface area (Å²) in [6.45, 7) is 0.372. The lowest BCUT2D eigenvalue weighted by molar-refractivity contribution is -0.130. The van der Waals surface area contributed by atoms with Crippen molar-refractivity contribution in [3.63, 3.8) is 0 Å². The molecule has 30 heavy (non-hydrogen) atoms. The summed E-state index contributed by atoms with van der Waals surface area (Å²) in [5, 5.41) is 6.42. The van der Waals surface area contributed by atoms with Gasteiger partial charge in [-0.2, -0.15) is 0 Å². The van der Waals surface area contributed by atoms with E-state index in [0.29, 0.717) is 18.7 Å². The highest BCUT2D eigenvalue weighted by atomic mass is 19.1. The second kappa shape index (κ2) is 8.90. The maximum absolute atomic E-state index is 13.4. The first-order valence-electron chi connectivity index (χ1n) is 9.94. The summed E-state index contributed by atoms with van der Waals surface area (Å²) >= 11 is 0. The molecule has 1 saturated carbocycles. The molecule has 0 atom stereocenters. The fraction of sp³-hybridized carbons (Fsp3) is 0.261. The number of aromatic nitrogens is 1. The highest BCUT2D eigenvalue weighted by Crippen LogP contribution is 2.27. The molecule has 1 aromatic heterocycles. The lowest BCUT2D eigenvalue weighted by Gasteiger charge is -2.22. The Morgan fingerprint density at radius 3 is 2.63 bits per heavy atom. The average molecular weight is 407 g/mol. The van der Waals surface area contributed by atoms with Crippen LogP contribution < -0.4 is 5.32 Å². The number of carbonyl (C=O) groups excluding carboxylic acids is 2. The Morgan fingerprint density at radius 1 is 1.10 bits per heavy atom. The van der Waals surface area contributed by atoms with Crippen molar-refractivity contribution in [1.82, 2.24) is 15.4 Å². The van der Waals surface area contributed by atoms with Crippen molar-refractivity contribution in [2.75, 3.05) is 13.1 Å². The molecule has 1 fully saturated rings. The molecule has 0 unspecified atom stereocenters. The van der Waals surface area contributed by atoms with Gasteiger partial charge in [-0.15, -0.1) is 0 Å². The monoisotopic (exact) mass is 407 g/mol. The predicted molar refractivity (Wildman–Crippen MR) is 109 cm³/mol. The van der Waals surface area contributed by atoms with E-state index in [1.807, 2.05) is 36.4 Å². The Balaban J connectivity index is 1.32. The number of amides is 2. The number of rotatable bonds is 8. The third-order valence-corrected chi connectivity index (χ3v) is 5.04. The van der Waals surface area contributed by atoms with Crippen molar-refractivity contribution < 1.29 is 18.5 Å². The maximum atomic E-state index is 13.4. The van der Waals surface area contributed by atoms with Gasteiger partial charge in [-0.3, -0.25) is 9.59 Å². The van der Waals surface area contributed by atoms with Crippen LogP contribution in [0.3, 0.4) is 0 Å². The number of nitrogens with one attached hydrogen (secondary N) is 1. The van der Waals surface area contributed by atoms with Crippen molar-refractivity contribution in [3.05, 3.63) is 77.7 Å². The van der Waals surface area contributed by atoms with E-state index in [4.69, 9.17) is 4.52 Å². The van der Waals surface area contributed by atoms with Gasteiger partial charge in [0.2, 0.25) is 5.91 Å². The quantitative estimate of drug-likeness (QED) is 0.621. The van der Waals surface area contributed by atoms with E-state index in [1.165, 1.54) is 12.1 Å². The van der Waals surface area contributed by atoms with Crippen molar-refractivity contribution in [1.29, 1.82) is 0 Å². The van der Waals surface area contributed by atoms with Gasteiger partial charge in [0.25, 0.3) is 5.91 Å². The minimum atomic E-state index is -0.463. The van der Waals surface area contributed by atoms with Crippen LogP contribution in [0.2, 0.25) is 0 Å². The van der Waals surface area contributed by atoms with Crippen LogP contribution in [0, 0.1) is 5.82 Å². The number of benzene rings is 2. The Bertz CT molecular complexity index is 1030. The Hall–Kier alpha value is -3.48. The molecule has 1 aliphatic rings. The van der Waals surface area contributed by atoms with Crippen LogP contribution in [0.15, 0.2) is 65.2 Å². The molecule has 2 aromatic carbocycles. The van der Waals surface area contributed by atoms with Crippen LogP contribution in [0.1, 0.15) is 28.9 Å². The zero-order valence-corrected chi connectivity index (χ0v) is 16.4. The summed E-state index contributed by atoms with van der Waals surface area (Å²) in [5.74, 6) is -0.419. The molecule has 0 spiro atoms. The van der Waals surface area contributed by atoms with Gasteiger partial charge in [0.15, 0.2) is 11.5 Å². The van der Waals surface area contributed by atoms with Crippen LogP contribution in [-0.4, -0.2) is 41.0 Å². The molecule has 1 N–H and O–H groups in total. The molecule has 2 amide bonds. The van der Waals surface area contributed by atoms with Crippen LogP contribution in [0.5, 0.6) is 0 Å². The summed E-state index contributed by atoms with van der Waals surface area (Å²) in [5.41, 5.74) is 1.78. The lowest BCUT2D eigenvalue weighted by Crippen LogP contribution is -2.42. The Morgan fingerprint density at radius 2 is 1.90 bits per heavy atom. The summed E-state index contributed by atoms with van der Waals surface area (Å²) in [6.07, 6.45) is 2.47. The molecule has 0 radical (unpaired) electrons. The zero-order chi connectivity index (χ0) is 20.9. The summed E-state index contributed by atoms with van der Waals surface area (Å²) in [6, 6.07) is 17.5. The van der Waals surface area contributed by atoms with E-state index in [9.17, 15) is 14.0 Å². The van der Waals surface area contributed by atoms with Gasteiger partial charge < -0.3 is 14.7 Å². The fourth-order valence-corrected chi connectivity index (χ4v) is 3.31. The molecule has 6 nitrogen and oxygen atoms in total. The molecule has 0 saturated heterocycles. The van der Waals surface area contributed by atoms with Gasteiger partial charge in [-0.1, -0.05) is 47.6 Å². The fourth-order valence-electron chi connectivity index (χ4n) is 3.31. The van der Waals surface area contributed by atoms with Crippen LogP contribution in [0.4, 0.5) is 4.39 Å². The summed E-state index contributed by atoms with van der Waals surface area (Å²) in [7, 11) is 0. The first-order chi connectivity index (χ1) is 14.6. The lowest BCUT2D eigenvalue weighted by atomic mass is 10.1. The van der Waals surface area contributed by atoms with Gasteiger partial charge >= 0.3 is 0 Å². The predicted octanol–water partition coefficient (Wildman–Crippen LogP) is 3.44. The summed E-state index contributed by atoms with van der Waals surface area (Å²) < 4.78 is 18.6. The van der Waals surface area contributed by atoms with E-state index in [0.717, 1.165) is 24.0 Å². The van der Waals surface area contributed by atoms with Gasteiger partial charge in [-0.05, 0) is 37.0 Å². The normalized spacial score (nSPS) is 13.1. The topological polar surface area (TPSA) is 75.4 Å². The molecule has 1 heterocycles. The third-order valence-electron chi connectivity index (χ3n) is 5.04. The van der Waals surface area contributed by atoms with E-state index < -0.39 is 5.91 Å². The van der Waals surface area contributed by atoms with Crippen LogP contribution in [0.25, 0.3) is 11.3 Å². The van der Waals surface area contributed by atoms with Gasteiger partial charge in [0, 0.05) is 24.2 Å². The van der Waals surface area contributed by atoms with Crippen molar-refractivity contribution in [3.8, 4) is 11.3 Å². The number of halogens is 1. The zero-order valence-electron chi connectivity index (χ0n) is 16.4. The first-order valence-corrected chi connectivity index (χ1v) is 9.94. The number of carbonyl (C=O) groups is 2. The van der Waals surface area contributed by atoms with Gasteiger partial charge in [0.05, 0.1) is 6.54 Å². The second-order valence-electron chi connectivity index (χ2n) is 7.32. The van der Waals surface area contributed by atoms with E-state index in [-0.39, 0.29) is 30.0 Å². The van der Waals surface area contributed by atoms with Gasteiger partial charge in [-0.25, -0.2) is 4.39 Å². The molecule has 0 bridgehead atoms. The number of hydrogen-bond acceptors (Lipinski definition) is 4. The molecule has 1 aliphatic carbocycles. The number of hydrogen-bond donors (Lipinski definition) is 1. The average Bonchev–Trinajstić information content (AvgIpc) is 3.47. The minimum absolute atomic E-state index is 0.119.